The third-order valence-corrected chi connectivity index (χ3v) is 7.02. The van der Waals surface area contributed by atoms with E-state index in [-0.39, 0.29) is 34.9 Å². The lowest BCUT2D eigenvalue weighted by Crippen LogP contribution is -2.26. The maximum absolute atomic E-state index is 14.9. The van der Waals surface area contributed by atoms with Crippen LogP contribution in [0.15, 0.2) is 24.5 Å². The maximum Gasteiger partial charge on any atom is 0.182 e. The van der Waals surface area contributed by atoms with Crippen molar-refractivity contribution in [1.29, 1.82) is 0 Å². The standard InChI is InChI=1S/C26H25F3N6O/c1-12-6-15(7-22(36-12)16-10-30-35(11-16)17-4-5-17)25-33-23(18-8-20(28)21(29)9-19(18)27)24-26(34-25)32-14(3)13(2)31-24/h8-12,15,17,22H,4-7H2,1-3H3/t12-,15-,22+/m1/s1. The average Bonchev–Trinajstić information content (AvgIpc) is 3.57. The molecule has 1 aliphatic carbocycles. The molecule has 1 saturated carbocycles. The molecule has 10 heteroatoms. The van der Waals surface area contributed by atoms with Gasteiger partial charge in [0.05, 0.1) is 35.8 Å². The minimum Gasteiger partial charge on any atom is -0.370 e. The third-order valence-electron chi connectivity index (χ3n) is 7.02. The lowest BCUT2D eigenvalue weighted by atomic mass is 9.89. The number of ether oxygens (including phenoxy) is 1. The van der Waals surface area contributed by atoms with Crippen molar-refractivity contribution in [3.63, 3.8) is 0 Å². The number of rotatable bonds is 4. The van der Waals surface area contributed by atoms with Gasteiger partial charge in [0.1, 0.15) is 22.9 Å². The Morgan fingerprint density at radius 3 is 2.44 bits per heavy atom. The van der Waals surface area contributed by atoms with Crippen molar-refractivity contribution in [3.05, 3.63) is 64.8 Å². The van der Waals surface area contributed by atoms with Gasteiger partial charge in [-0.05, 0) is 52.5 Å². The fourth-order valence-electron chi connectivity index (χ4n) is 4.83. The van der Waals surface area contributed by atoms with Crippen molar-refractivity contribution in [1.82, 2.24) is 29.7 Å². The van der Waals surface area contributed by atoms with Crippen LogP contribution in [0, 0.1) is 31.3 Å². The molecule has 0 amide bonds. The average molecular weight is 495 g/mol. The van der Waals surface area contributed by atoms with E-state index in [9.17, 15) is 13.2 Å². The zero-order valence-electron chi connectivity index (χ0n) is 20.2. The van der Waals surface area contributed by atoms with E-state index < -0.39 is 17.5 Å². The molecule has 0 radical (unpaired) electrons. The van der Waals surface area contributed by atoms with Crippen molar-refractivity contribution in [3.8, 4) is 11.3 Å². The van der Waals surface area contributed by atoms with Crippen LogP contribution in [0.25, 0.3) is 22.4 Å². The largest absolute Gasteiger partial charge is 0.370 e. The molecule has 36 heavy (non-hydrogen) atoms. The van der Waals surface area contributed by atoms with Crippen molar-refractivity contribution in [2.45, 2.75) is 70.6 Å². The summed E-state index contributed by atoms with van der Waals surface area (Å²) in [5.41, 5.74) is 2.75. The number of aromatic nitrogens is 6. The summed E-state index contributed by atoms with van der Waals surface area (Å²) in [6, 6.07) is 1.81. The molecule has 6 rings (SSSR count). The van der Waals surface area contributed by atoms with Crippen LogP contribution < -0.4 is 0 Å². The van der Waals surface area contributed by atoms with Crippen LogP contribution in [-0.2, 0) is 4.74 Å². The van der Waals surface area contributed by atoms with Crippen molar-refractivity contribution >= 4 is 11.2 Å². The Morgan fingerprint density at radius 1 is 0.917 bits per heavy atom. The molecule has 4 aromatic rings. The van der Waals surface area contributed by atoms with Gasteiger partial charge < -0.3 is 4.74 Å². The quantitative estimate of drug-likeness (QED) is 0.340. The van der Waals surface area contributed by atoms with Crippen molar-refractivity contribution in [2.24, 2.45) is 0 Å². The molecule has 1 aromatic carbocycles. The summed E-state index contributed by atoms with van der Waals surface area (Å²) >= 11 is 0. The van der Waals surface area contributed by atoms with Crippen molar-refractivity contribution < 1.29 is 17.9 Å². The van der Waals surface area contributed by atoms with Gasteiger partial charge in [-0.25, -0.2) is 33.1 Å². The highest BCUT2D eigenvalue weighted by molar-refractivity contribution is 5.87. The summed E-state index contributed by atoms with van der Waals surface area (Å²) in [7, 11) is 0. The summed E-state index contributed by atoms with van der Waals surface area (Å²) in [6.07, 6.45) is 7.14. The molecule has 2 fully saturated rings. The zero-order chi connectivity index (χ0) is 25.1. The first-order valence-corrected chi connectivity index (χ1v) is 12.1. The summed E-state index contributed by atoms with van der Waals surface area (Å²) in [5.74, 6) is -3.02. The Morgan fingerprint density at radius 2 is 1.67 bits per heavy atom. The van der Waals surface area contributed by atoms with Crippen LogP contribution in [0.1, 0.15) is 73.4 Å². The van der Waals surface area contributed by atoms with Gasteiger partial charge in [0.25, 0.3) is 0 Å². The van der Waals surface area contributed by atoms with E-state index in [4.69, 9.17) is 9.72 Å². The molecule has 0 bridgehead atoms. The predicted molar refractivity (Wildman–Crippen MR) is 126 cm³/mol. The first-order chi connectivity index (χ1) is 17.3. The third kappa shape index (κ3) is 4.13. The lowest BCUT2D eigenvalue weighted by molar-refractivity contribution is -0.0511. The first kappa shape index (κ1) is 23.0. The molecule has 3 aromatic heterocycles. The predicted octanol–water partition coefficient (Wildman–Crippen LogP) is 5.68. The van der Waals surface area contributed by atoms with Gasteiger partial charge in [-0.1, -0.05) is 0 Å². The van der Waals surface area contributed by atoms with Crippen LogP contribution in [0.3, 0.4) is 0 Å². The normalized spacial score (nSPS) is 22.3. The van der Waals surface area contributed by atoms with Gasteiger partial charge >= 0.3 is 0 Å². The molecule has 0 spiro atoms. The van der Waals surface area contributed by atoms with Crippen LogP contribution in [-0.4, -0.2) is 35.8 Å². The molecule has 0 unspecified atom stereocenters. The molecular weight excluding hydrogens is 469 g/mol. The van der Waals surface area contributed by atoms with Crippen LogP contribution in [0.2, 0.25) is 0 Å². The zero-order valence-corrected chi connectivity index (χ0v) is 20.2. The first-order valence-electron chi connectivity index (χ1n) is 12.1. The van der Waals surface area contributed by atoms with E-state index in [2.05, 4.69) is 20.1 Å². The van der Waals surface area contributed by atoms with E-state index in [1.807, 2.05) is 30.9 Å². The number of fused-ring (bicyclic) bond motifs is 1. The highest BCUT2D eigenvalue weighted by Gasteiger charge is 2.34. The Hall–Kier alpha value is -3.40. The second-order valence-electron chi connectivity index (χ2n) is 9.83. The number of hydrogen-bond donors (Lipinski definition) is 0. The molecule has 3 atom stereocenters. The van der Waals surface area contributed by atoms with Crippen LogP contribution >= 0.6 is 0 Å². The highest BCUT2D eigenvalue weighted by Crippen LogP contribution is 2.41. The van der Waals surface area contributed by atoms with Gasteiger partial charge in [-0.15, -0.1) is 0 Å². The molecule has 7 nitrogen and oxygen atoms in total. The number of hydrogen-bond acceptors (Lipinski definition) is 6. The topological polar surface area (TPSA) is 78.6 Å². The van der Waals surface area contributed by atoms with E-state index in [0.717, 1.165) is 24.5 Å². The molecule has 4 heterocycles. The fraction of sp³-hybridized carbons (Fsp3) is 0.423. The summed E-state index contributed by atoms with van der Waals surface area (Å²) in [6.45, 7) is 5.58. The summed E-state index contributed by atoms with van der Waals surface area (Å²) in [4.78, 5) is 18.5. The molecule has 1 saturated heterocycles. The van der Waals surface area contributed by atoms with Gasteiger partial charge in [0, 0.05) is 29.3 Å². The van der Waals surface area contributed by atoms with E-state index in [1.165, 1.54) is 0 Å². The second kappa shape index (κ2) is 8.62. The van der Waals surface area contributed by atoms with Gasteiger partial charge in [-0.3, -0.25) is 4.68 Å². The number of nitrogens with zero attached hydrogens (tertiary/aromatic N) is 6. The van der Waals surface area contributed by atoms with Crippen molar-refractivity contribution in [2.75, 3.05) is 0 Å². The molecular formula is C26H25F3N6O. The second-order valence-corrected chi connectivity index (χ2v) is 9.83. The summed E-state index contributed by atoms with van der Waals surface area (Å²) in [5, 5.41) is 4.49. The smallest absolute Gasteiger partial charge is 0.182 e. The number of benzene rings is 1. The monoisotopic (exact) mass is 494 g/mol. The molecule has 1 aliphatic heterocycles. The minimum atomic E-state index is -1.26. The van der Waals surface area contributed by atoms with Gasteiger partial charge in [0.15, 0.2) is 17.3 Å². The highest BCUT2D eigenvalue weighted by atomic mass is 19.2. The SMILES string of the molecule is Cc1nc2nc([C@@H]3C[C@@H](C)O[C@H](c4cnn(C5CC5)c4)C3)nc(-c3cc(F)c(F)cc3F)c2nc1C. The number of halogens is 3. The van der Waals surface area contributed by atoms with Crippen LogP contribution in [0.4, 0.5) is 13.2 Å². The Balaban J connectivity index is 1.45. The van der Waals surface area contributed by atoms with E-state index in [1.54, 1.807) is 6.92 Å². The van der Waals surface area contributed by atoms with E-state index >= 15 is 0 Å². The fourth-order valence-corrected chi connectivity index (χ4v) is 4.83. The molecule has 0 N–H and O–H groups in total. The van der Waals surface area contributed by atoms with Gasteiger partial charge in [0.2, 0.25) is 0 Å². The Bertz CT molecular complexity index is 1480. The van der Waals surface area contributed by atoms with Gasteiger partial charge in [-0.2, -0.15) is 5.10 Å². The van der Waals surface area contributed by atoms with Crippen LogP contribution in [0.5, 0.6) is 0 Å². The minimum absolute atomic E-state index is 0.0772. The van der Waals surface area contributed by atoms with E-state index in [0.29, 0.717) is 47.8 Å². The molecule has 2 aliphatic rings. The summed E-state index contributed by atoms with van der Waals surface area (Å²) < 4.78 is 50.9. The Kier molecular flexibility index (Phi) is 5.51. The maximum atomic E-state index is 14.9. The lowest BCUT2D eigenvalue weighted by Gasteiger charge is -2.33. The molecule has 186 valence electrons. The Labute approximate surface area is 205 Å². The number of aryl methyl sites for hydroxylation is 2.